The third-order valence-electron chi connectivity index (χ3n) is 8.09. The van der Waals surface area contributed by atoms with E-state index in [0.717, 1.165) is 11.1 Å². The van der Waals surface area contributed by atoms with Gasteiger partial charge in [0.15, 0.2) is 23.0 Å². The fourth-order valence-corrected chi connectivity index (χ4v) is 5.93. The first-order valence-corrected chi connectivity index (χ1v) is 14.0. The molecule has 0 radical (unpaired) electrons. The summed E-state index contributed by atoms with van der Waals surface area (Å²) >= 11 is 0. The SMILES string of the molecule is COc1ccc([C@@H]2CC(=O)C3=C(C2)NC(C)=C(C(=O)Nc2ccc(C)cc2)[C@@H]3c2cc(OC)c(O)c([N+](=O)[O-])c2)cc1OC. The molecular weight excluding hydrogens is 566 g/mol. The van der Waals surface area contributed by atoms with E-state index in [9.17, 15) is 24.8 Å². The Morgan fingerprint density at radius 3 is 2.23 bits per heavy atom. The highest BCUT2D eigenvalue weighted by Gasteiger charge is 2.42. The topological polar surface area (TPSA) is 149 Å². The molecule has 1 amide bonds. The highest BCUT2D eigenvalue weighted by atomic mass is 16.6. The van der Waals surface area contributed by atoms with Gasteiger partial charge in [-0.05, 0) is 67.6 Å². The number of nitro groups is 1. The van der Waals surface area contributed by atoms with E-state index in [0.29, 0.717) is 40.6 Å². The molecule has 0 bridgehead atoms. The van der Waals surface area contributed by atoms with Gasteiger partial charge in [-0.2, -0.15) is 0 Å². The highest BCUT2D eigenvalue weighted by molar-refractivity contribution is 6.10. The Kier molecular flexibility index (Phi) is 8.30. The first kappa shape index (κ1) is 30.1. The van der Waals surface area contributed by atoms with E-state index in [2.05, 4.69) is 10.6 Å². The predicted octanol–water partition coefficient (Wildman–Crippen LogP) is 5.63. The fraction of sp³-hybridized carbons (Fsp3) is 0.273. The molecular formula is C33H33N3O8. The second-order valence-corrected chi connectivity index (χ2v) is 10.8. The number of hydrogen-bond acceptors (Lipinski definition) is 9. The molecule has 11 nitrogen and oxygen atoms in total. The van der Waals surface area contributed by atoms with Crippen molar-refractivity contribution >= 4 is 23.1 Å². The normalized spacial score (nSPS) is 17.9. The number of aromatic hydroxyl groups is 1. The molecule has 0 saturated carbocycles. The van der Waals surface area contributed by atoms with Crippen molar-refractivity contribution in [1.29, 1.82) is 0 Å². The van der Waals surface area contributed by atoms with Crippen LogP contribution in [0, 0.1) is 17.0 Å². The van der Waals surface area contributed by atoms with Crippen LogP contribution >= 0.6 is 0 Å². The Labute approximate surface area is 254 Å². The number of Topliss-reactive ketones (excluding diaryl/α,β-unsaturated/α-hetero) is 1. The first-order chi connectivity index (χ1) is 21.1. The number of aryl methyl sites for hydroxylation is 1. The molecule has 2 atom stereocenters. The van der Waals surface area contributed by atoms with Gasteiger partial charge in [0.05, 0.1) is 26.3 Å². The zero-order valence-corrected chi connectivity index (χ0v) is 25.0. The third kappa shape index (κ3) is 5.56. The minimum absolute atomic E-state index is 0.135. The van der Waals surface area contributed by atoms with Gasteiger partial charge in [0.2, 0.25) is 5.75 Å². The van der Waals surface area contributed by atoms with Crippen molar-refractivity contribution in [3.8, 4) is 23.0 Å². The Morgan fingerprint density at radius 2 is 1.59 bits per heavy atom. The summed E-state index contributed by atoms with van der Waals surface area (Å²) in [5.41, 5.74) is 3.80. The Balaban J connectivity index is 1.63. The molecule has 1 aliphatic carbocycles. The third-order valence-corrected chi connectivity index (χ3v) is 8.09. The van der Waals surface area contributed by atoms with Gasteiger partial charge >= 0.3 is 5.69 Å². The average molecular weight is 600 g/mol. The Bertz CT molecular complexity index is 1730. The van der Waals surface area contributed by atoms with E-state index in [4.69, 9.17) is 14.2 Å². The lowest BCUT2D eigenvalue weighted by Crippen LogP contribution is -2.37. The number of allylic oxidation sites excluding steroid dienone is 3. The monoisotopic (exact) mass is 599 g/mol. The number of ketones is 1. The summed E-state index contributed by atoms with van der Waals surface area (Å²) in [7, 11) is 4.38. The number of ether oxygens (including phenoxy) is 3. The lowest BCUT2D eigenvalue weighted by Gasteiger charge is -2.37. The minimum Gasteiger partial charge on any atom is -0.500 e. The molecule has 228 valence electrons. The number of nitrogens with one attached hydrogen (secondary N) is 2. The van der Waals surface area contributed by atoms with Crippen LogP contribution in [0.2, 0.25) is 0 Å². The molecule has 44 heavy (non-hydrogen) atoms. The van der Waals surface area contributed by atoms with Crippen LogP contribution in [0.25, 0.3) is 0 Å². The zero-order valence-electron chi connectivity index (χ0n) is 25.0. The molecule has 3 N–H and O–H groups in total. The van der Waals surface area contributed by atoms with Crippen LogP contribution in [0.15, 0.2) is 77.1 Å². The molecule has 11 heteroatoms. The first-order valence-electron chi connectivity index (χ1n) is 14.0. The number of benzene rings is 3. The van der Waals surface area contributed by atoms with Crippen LogP contribution in [0.4, 0.5) is 11.4 Å². The van der Waals surface area contributed by atoms with Crippen molar-refractivity contribution in [2.24, 2.45) is 0 Å². The molecule has 1 heterocycles. The molecule has 3 aromatic carbocycles. The number of rotatable bonds is 8. The number of dihydropyridines is 1. The van der Waals surface area contributed by atoms with Crippen molar-refractivity contribution in [2.75, 3.05) is 26.6 Å². The predicted molar refractivity (Wildman–Crippen MR) is 163 cm³/mol. The van der Waals surface area contributed by atoms with E-state index in [1.807, 2.05) is 31.2 Å². The van der Waals surface area contributed by atoms with Crippen molar-refractivity contribution in [3.05, 3.63) is 104 Å². The van der Waals surface area contributed by atoms with Gasteiger partial charge in [-0.25, -0.2) is 0 Å². The van der Waals surface area contributed by atoms with Crippen LogP contribution in [-0.4, -0.2) is 43.0 Å². The molecule has 1 aliphatic heterocycles. The van der Waals surface area contributed by atoms with Gasteiger partial charge in [-0.3, -0.25) is 19.7 Å². The Hall–Kier alpha value is -5.32. The van der Waals surface area contributed by atoms with E-state index < -0.39 is 28.2 Å². The summed E-state index contributed by atoms with van der Waals surface area (Å²) in [5.74, 6) is -1.53. The number of nitrogens with zero attached hydrogens (tertiary/aromatic N) is 1. The van der Waals surface area contributed by atoms with Crippen molar-refractivity contribution in [1.82, 2.24) is 5.32 Å². The summed E-state index contributed by atoms with van der Waals surface area (Å²) in [5, 5.41) is 28.6. The number of methoxy groups -OCH3 is 3. The molecule has 0 fully saturated rings. The lowest BCUT2D eigenvalue weighted by molar-refractivity contribution is -0.386. The number of amides is 1. The molecule has 3 aromatic rings. The average Bonchev–Trinajstić information content (AvgIpc) is 3.00. The van der Waals surface area contributed by atoms with Crippen LogP contribution < -0.4 is 24.8 Å². The fourth-order valence-electron chi connectivity index (χ4n) is 5.93. The summed E-state index contributed by atoms with van der Waals surface area (Å²) in [4.78, 5) is 39.1. The minimum atomic E-state index is -0.969. The second-order valence-electron chi connectivity index (χ2n) is 10.8. The van der Waals surface area contributed by atoms with Crippen molar-refractivity contribution in [2.45, 2.75) is 38.5 Å². The van der Waals surface area contributed by atoms with Gasteiger partial charge < -0.3 is 30.0 Å². The Morgan fingerprint density at radius 1 is 0.932 bits per heavy atom. The lowest BCUT2D eigenvalue weighted by atomic mass is 9.71. The van der Waals surface area contributed by atoms with Crippen molar-refractivity contribution < 1.29 is 33.8 Å². The molecule has 0 spiro atoms. The van der Waals surface area contributed by atoms with Crippen LogP contribution in [-0.2, 0) is 9.59 Å². The van der Waals surface area contributed by atoms with E-state index >= 15 is 0 Å². The van der Waals surface area contributed by atoms with E-state index in [1.165, 1.54) is 19.2 Å². The number of phenols is 1. The second kappa shape index (κ2) is 12.1. The molecule has 0 aromatic heterocycles. The van der Waals surface area contributed by atoms with E-state index in [1.54, 1.807) is 39.3 Å². The highest BCUT2D eigenvalue weighted by Crippen LogP contribution is 2.49. The summed E-state index contributed by atoms with van der Waals surface area (Å²) in [6.45, 7) is 3.67. The number of carbonyl (C=O) groups excluding carboxylic acids is 2. The smallest absolute Gasteiger partial charge is 0.314 e. The van der Waals surface area contributed by atoms with Gasteiger partial charge in [0.25, 0.3) is 5.91 Å². The van der Waals surface area contributed by atoms with Crippen LogP contribution in [0.3, 0.4) is 0 Å². The number of phenolic OH excluding ortho intramolecular Hbond substituents is 1. The van der Waals surface area contributed by atoms with Crippen LogP contribution in [0.5, 0.6) is 23.0 Å². The van der Waals surface area contributed by atoms with Crippen molar-refractivity contribution in [3.63, 3.8) is 0 Å². The summed E-state index contributed by atoms with van der Waals surface area (Å²) in [6, 6.07) is 15.4. The number of nitro benzene ring substituents is 1. The molecule has 2 aliphatic rings. The summed E-state index contributed by atoms with van der Waals surface area (Å²) in [6.07, 6.45) is 0.574. The number of anilines is 1. The molecule has 0 saturated heterocycles. The number of hydrogen-bond donors (Lipinski definition) is 3. The quantitative estimate of drug-likeness (QED) is 0.221. The maximum absolute atomic E-state index is 14.1. The maximum atomic E-state index is 14.1. The van der Waals surface area contributed by atoms with Crippen LogP contribution in [0.1, 0.15) is 48.3 Å². The zero-order chi connectivity index (χ0) is 31.7. The largest absolute Gasteiger partial charge is 0.500 e. The van der Waals surface area contributed by atoms with E-state index in [-0.39, 0.29) is 35.0 Å². The molecule has 5 rings (SSSR count). The van der Waals surface area contributed by atoms with Gasteiger partial charge in [-0.15, -0.1) is 0 Å². The number of carbonyl (C=O) groups is 2. The van der Waals surface area contributed by atoms with Gasteiger partial charge in [-0.1, -0.05) is 23.8 Å². The maximum Gasteiger partial charge on any atom is 0.314 e. The van der Waals surface area contributed by atoms with Gasteiger partial charge in [0.1, 0.15) is 0 Å². The standard InChI is InChI=1S/C33H33N3O8/c1-17-6-9-22(10-7-17)35-33(39)29-18(2)34-23-12-20(19-8-11-26(42-3)27(15-19)43-4)14-25(37)31(23)30(29)21-13-24(36(40)41)32(38)28(16-21)44-5/h6-11,13,15-16,20,30,34,38H,12,14H2,1-5H3,(H,35,39)/t20-,30-/m0/s1. The summed E-state index contributed by atoms with van der Waals surface area (Å²) < 4.78 is 16.1. The van der Waals surface area contributed by atoms with Gasteiger partial charge in [0, 0.05) is 46.6 Å². The molecule has 0 unspecified atom stereocenters.